The van der Waals surface area contributed by atoms with E-state index in [1.807, 2.05) is 0 Å². The predicted molar refractivity (Wildman–Crippen MR) is 75.7 cm³/mol. The van der Waals surface area contributed by atoms with Crippen molar-refractivity contribution in [3.8, 4) is 0 Å². The van der Waals surface area contributed by atoms with Crippen LogP contribution < -0.4 is 5.73 Å². The van der Waals surface area contributed by atoms with E-state index in [1.54, 1.807) is 0 Å². The summed E-state index contributed by atoms with van der Waals surface area (Å²) in [6.45, 7) is 6.46. The quantitative estimate of drug-likeness (QED) is 0.838. The first-order valence-electron chi connectivity index (χ1n) is 7.87. The van der Waals surface area contributed by atoms with E-state index in [0.717, 1.165) is 12.6 Å². The first kappa shape index (κ1) is 14.3. The van der Waals surface area contributed by atoms with Gasteiger partial charge in [-0.25, -0.2) is 0 Å². The largest absolute Gasteiger partial charge is 0.374 e. The molecule has 3 heteroatoms. The summed E-state index contributed by atoms with van der Waals surface area (Å²) in [7, 11) is 0. The highest BCUT2D eigenvalue weighted by molar-refractivity contribution is 4.89. The monoisotopic (exact) mass is 254 g/mol. The van der Waals surface area contributed by atoms with E-state index in [-0.39, 0.29) is 0 Å². The normalized spacial score (nSPS) is 36.5. The molecule has 2 aliphatic rings. The highest BCUT2D eigenvalue weighted by atomic mass is 16.5. The second-order valence-corrected chi connectivity index (χ2v) is 6.01. The summed E-state index contributed by atoms with van der Waals surface area (Å²) in [4.78, 5) is 2.68. The molecule has 106 valence electrons. The van der Waals surface area contributed by atoms with Gasteiger partial charge in [0.2, 0.25) is 0 Å². The van der Waals surface area contributed by atoms with Crippen molar-refractivity contribution in [1.29, 1.82) is 0 Å². The molecule has 2 fully saturated rings. The average Bonchev–Trinajstić information content (AvgIpc) is 2.66. The number of ether oxygens (including phenoxy) is 1. The maximum absolute atomic E-state index is 6.08. The molecule has 4 unspecified atom stereocenters. The SMILES string of the molecule is CCC1CCCCCN1C(CN)C1CCC(C)O1. The third-order valence-corrected chi connectivity index (χ3v) is 4.76. The number of rotatable bonds is 4. The molecule has 3 nitrogen and oxygen atoms in total. The van der Waals surface area contributed by atoms with Crippen LogP contribution in [0.1, 0.15) is 58.8 Å². The maximum Gasteiger partial charge on any atom is 0.0747 e. The Balaban J connectivity index is 2.03. The number of nitrogens with zero attached hydrogens (tertiary/aromatic N) is 1. The molecule has 18 heavy (non-hydrogen) atoms. The van der Waals surface area contributed by atoms with E-state index < -0.39 is 0 Å². The smallest absolute Gasteiger partial charge is 0.0747 e. The minimum Gasteiger partial charge on any atom is -0.374 e. The highest BCUT2D eigenvalue weighted by Crippen LogP contribution is 2.28. The van der Waals surface area contributed by atoms with Gasteiger partial charge in [0.15, 0.2) is 0 Å². The number of nitrogens with two attached hydrogens (primary N) is 1. The molecular weight excluding hydrogens is 224 g/mol. The van der Waals surface area contributed by atoms with Gasteiger partial charge < -0.3 is 10.5 Å². The summed E-state index contributed by atoms with van der Waals surface area (Å²) in [6, 6.07) is 1.17. The van der Waals surface area contributed by atoms with Gasteiger partial charge in [-0.05, 0) is 45.6 Å². The minimum atomic E-state index is 0.372. The first-order valence-corrected chi connectivity index (χ1v) is 7.87. The molecule has 0 spiro atoms. The molecule has 2 N–H and O–H groups in total. The molecule has 0 saturated carbocycles. The van der Waals surface area contributed by atoms with Crippen LogP contribution in [0, 0.1) is 0 Å². The zero-order valence-electron chi connectivity index (χ0n) is 12.1. The van der Waals surface area contributed by atoms with E-state index in [2.05, 4.69) is 18.7 Å². The van der Waals surface area contributed by atoms with Crippen LogP contribution in [0.15, 0.2) is 0 Å². The zero-order chi connectivity index (χ0) is 13.0. The van der Waals surface area contributed by atoms with Gasteiger partial charge in [0.1, 0.15) is 0 Å². The van der Waals surface area contributed by atoms with Gasteiger partial charge in [-0.3, -0.25) is 4.90 Å². The minimum absolute atomic E-state index is 0.372. The van der Waals surface area contributed by atoms with Crippen LogP contribution in [0.2, 0.25) is 0 Å². The Bertz CT molecular complexity index is 247. The Kier molecular flexibility index (Phi) is 5.46. The molecule has 0 aromatic rings. The second-order valence-electron chi connectivity index (χ2n) is 6.01. The predicted octanol–water partition coefficient (Wildman–Crippen LogP) is 2.54. The molecule has 2 rings (SSSR count). The van der Waals surface area contributed by atoms with E-state index in [1.165, 1.54) is 51.5 Å². The Morgan fingerprint density at radius 2 is 2.06 bits per heavy atom. The van der Waals surface area contributed by atoms with E-state index >= 15 is 0 Å². The summed E-state index contributed by atoms with van der Waals surface area (Å²) in [6.07, 6.45) is 9.87. The summed E-state index contributed by atoms with van der Waals surface area (Å²) >= 11 is 0. The molecule has 0 radical (unpaired) electrons. The van der Waals surface area contributed by atoms with Crippen LogP contribution >= 0.6 is 0 Å². The van der Waals surface area contributed by atoms with Crippen molar-refractivity contribution < 1.29 is 4.74 Å². The van der Waals surface area contributed by atoms with Crippen molar-refractivity contribution >= 4 is 0 Å². The summed E-state index contributed by atoms with van der Waals surface area (Å²) < 4.78 is 6.08. The topological polar surface area (TPSA) is 38.5 Å². The molecule has 2 saturated heterocycles. The van der Waals surface area contributed by atoms with E-state index in [0.29, 0.717) is 18.2 Å². The highest BCUT2D eigenvalue weighted by Gasteiger charge is 2.35. The third-order valence-electron chi connectivity index (χ3n) is 4.76. The Morgan fingerprint density at radius 1 is 1.22 bits per heavy atom. The van der Waals surface area contributed by atoms with Crippen LogP contribution in [-0.4, -0.2) is 42.3 Å². The van der Waals surface area contributed by atoms with Gasteiger partial charge in [-0.2, -0.15) is 0 Å². The van der Waals surface area contributed by atoms with E-state index in [9.17, 15) is 0 Å². The third kappa shape index (κ3) is 3.25. The van der Waals surface area contributed by atoms with E-state index in [4.69, 9.17) is 10.5 Å². The number of hydrogen-bond donors (Lipinski definition) is 1. The van der Waals surface area contributed by atoms with Crippen molar-refractivity contribution in [2.45, 2.75) is 83.1 Å². The molecule has 4 atom stereocenters. The molecule has 0 aliphatic carbocycles. The maximum atomic E-state index is 6.08. The fourth-order valence-electron chi connectivity index (χ4n) is 3.69. The Morgan fingerprint density at radius 3 is 2.67 bits per heavy atom. The van der Waals surface area contributed by atoms with Crippen LogP contribution in [0.5, 0.6) is 0 Å². The molecule has 0 bridgehead atoms. The van der Waals surface area contributed by atoms with Crippen molar-refractivity contribution in [1.82, 2.24) is 4.90 Å². The van der Waals surface area contributed by atoms with Crippen LogP contribution in [0.25, 0.3) is 0 Å². The van der Waals surface area contributed by atoms with Gasteiger partial charge in [0, 0.05) is 18.6 Å². The zero-order valence-corrected chi connectivity index (χ0v) is 12.1. The molecule has 0 aromatic heterocycles. The van der Waals surface area contributed by atoms with Gasteiger partial charge >= 0.3 is 0 Å². The summed E-state index contributed by atoms with van der Waals surface area (Å²) in [5.41, 5.74) is 6.08. The summed E-state index contributed by atoms with van der Waals surface area (Å²) in [5.74, 6) is 0. The lowest BCUT2D eigenvalue weighted by Gasteiger charge is -2.39. The first-order chi connectivity index (χ1) is 8.76. The fourth-order valence-corrected chi connectivity index (χ4v) is 3.69. The standard InChI is InChI=1S/C15H30N2O/c1-3-13-7-5-4-6-10-17(13)14(11-16)15-9-8-12(2)18-15/h12-15H,3-11,16H2,1-2H3. The van der Waals surface area contributed by atoms with Crippen molar-refractivity contribution in [3.05, 3.63) is 0 Å². The molecule has 2 heterocycles. The van der Waals surface area contributed by atoms with Crippen LogP contribution in [-0.2, 0) is 4.74 Å². The van der Waals surface area contributed by atoms with Crippen molar-refractivity contribution in [2.75, 3.05) is 13.1 Å². The lowest BCUT2D eigenvalue weighted by molar-refractivity contribution is -0.0176. The van der Waals surface area contributed by atoms with Crippen molar-refractivity contribution in [2.24, 2.45) is 5.73 Å². The number of likely N-dealkylation sites (tertiary alicyclic amines) is 1. The van der Waals surface area contributed by atoms with Gasteiger partial charge in [0.25, 0.3) is 0 Å². The molecule has 2 aliphatic heterocycles. The number of hydrogen-bond acceptors (Lipinski definition) is 3. The molecule has 0 aromatic carbocycles. The average molecular weight is 254 g/mol. The van der Waals surface area contributed by atoms with Gasteiger partial charge in [-0.1, -0.05) is 19.8 Å². The van der Waals surface area contributed by atoms with Crippen LogP contribution in [0.4, 0.5) is 0 Å². The van der Waals surface area contributed by atoms with Gasteiger partial charge in [-0.15, -0.1) is 0 Å². The Hall–Kier alpha value is -0.120. The molecule has 0 amide bonds. The fraction of sp³-hybridized carbons (Fsp3) is 1.00. The lowest BCUT2D eigenvalue weighted by Crippen LogP contribution is -2.52. The van der Waals surface area contributed by atoms with Crippen LogP contribution in [0.3, 0.4) is 0 Å². The second kappa shape index (κ2) is 6.88. The van der Waals surface area contributed by atoms with Crippen molar-refractivity contribution in [3.63, 3.8) is 0 Å². The summed E-state index contributed by atoms with van der Waals surface area (Å²) in [5, 5.41) is 0. The lowest BCUT2D eigenvalue weighted by atomic mass is 10.0. The molecular formula is C15H30N2O. The Labute approximate surface area is 112 Å². The van der Waals surface area contributed by atoms with Gasteiger partial charge in [0.05, 0.1) is 12.2 Å².